The second kappa shape index (κ2) is 8.58. The topological polar surface area (TPSA) is 102 Å². The van der Waals surface area contributed by atoms with Gasteiger partial charge in [-0.1, -0.05) is 18.2 Å². The van der Waals surface area contributed by atoms with E-state index < -0.39 is 22.1 Å². The van der Waals surface area contributed by atoms with Crippen molar-refractivity contribution >= 4 is 27.6 Å². The summed E-state index contributed by atoms with van der Waals surface area (Å²) in [4.78, 5) is 24.9. The molecular formula is C22H24N2O6S. The summed E-state index contributed by atoms with van der Waals surface area (Å²) in [7, 11) is -2.51. The van der Waals surface area contributed by atoms with E-state index in [2.05, 4.69) is 5.32 Å². The van der Waals surface area contributed by atoms with Crippen molar-refractivity contribution in [1.29, 1.82) is 0 Å². The number of carbonyl (C=O) groups excluding carboxylic acids is 2. The number of sulfonamides is 1. The number of nitrogens with zero attached hydrogens (tertiary/aromatic N) is 1. The molecule has 1 fully saturated rings. The van der Waals surface area contributed by atoms with Crippen LogP contribution >= 0.6 is 0 Å². The van der Waals surface area contributed by atoms with Crippen LogP contribution in [0.2, 0.25) is 0 Å². The number of ether oxygens (including phenoxy) is 2. The standard InChI is InChI=1S/C22H24N2O6S/c1-29-19-10-9-16(31(27,28)24-13-11-15-6-2-3-7-18(15)24)14-17(19)22(26)30-20-8-4-5-12-23-21(20)25/h2-3,6-7,9-10,14,20H,4-5,8,11-13H2,1H3,(H,23,25). The highest BCUT2D eigenvalue weighted by Crippen LogP contribution is 2.34. The van der Waals surface area contributed by atoms with E-state index in [1.807, 2.05) is 12.1 Å². The first-order valence-corrected chi connectivity index (χ1v) is 11.6. The molecule has 2 aromatic carbocycles. The van der Waals surface area contributed by atoms with Crippen molar-refractivity contribution in [3.8, 4) is 5.75 Å². The molecule has 2 aromatic rings. The average Bonchev–Trinajstić information content (AvgIpc) is 3.12. The van der Waals surface area contributed by atoms with Crippen LogP contribution in [-0.4, -0.2) is 46.6 Å². The maximum Gasteiger partial charge on any atom is 0.342 e. The van der Waals surface area contributed by atoms with Crippen LogP contribution in [0.1, 0.15) is 35.2 Å². The molecule has 8 nitrogen and oxygen atoms in total. The van der Waals surface area contributed by atoms with Crippen LogP contribution in [0.3, 0.4) is 0 Å². The zero-order valence-corrected chi connectivity index (χ0v) is 18.0. The number of fused-ring (bicyclic) bond motifs is 1. The normalized spacial score (nSPS) is 18.7. The van der Waals surface area contributed by atoms with E-state index in [0.717, 1.165) is 18.4 Å². The van der Waals surface area contributed by atoms with Gasteiger partial charge in [-0.25, -0.2) is 13.2 Å². The fraction of sp³-hybridized carbons (Fsp3) is 0.364. The van der Waals surface area contributed by atoms with E-state index in [9.17, 15) is 18.0 Å². The van der Waals surface area contributed by atoms with Gasteiger partial charge in [0, 0.05) is 13.1 Å². The SMILES string of the molecule is COc1ccc(S(=O)(=O)N2CCc3ccccc32)cc1C(=O)OC1CCCCNC1=O. The van der Waals surface area contributed by atoms with E-state index in [4.69, 9.17) is 9.47 Å². The molecule has 1 N–H and O–H groups in total. The van der Waals surface area contributed by atoms with Crippen LogP contribution < -0.4 is 14.4 Å². The number of methoxy groups -OCH3 is 1. The Morgan fingerprint density at radius 2 is 1.97 bits per heavy atom. The third-order valence-corrected chi connectivity index (χ3v) is 7.37. The van der Waals surface area contributed by atoms with Crippen LogP contribution in [0.5, 0.6) is 5.75 Å². The minimum atomic E-state index is -3.89. The molecule has 1 unspecified atom stereocenters. The lowest BCUT2D eigenvalue weighted by Gasteiger charge is -2.21. The number of esters is 1. The van der Waals surface area contributed by atoms with Crippen molar-refractivity contribution in [2.75, 3.05) is 24.5 Å². The number of carbonyl (C=O) groups is 2. The lowest BCUT2D eigenvalue weighted by atomic mass is 10.1. The van der Waals surface area contributed by atoms with E-state index in [-0.39, 0.29) is 22.1 Å². The van der Waals surface area contributed by atoms with Gasteiger partial charge in [-0.2, -0.15) is 0 Å². The molecule has 2 aliphatic rings. The molecule has 1 saturated heterocycles. The number of amides is 1. The molecule has 1 atom stereocenters. The summed E-state index contributed by atoms with van der Waals surface area (Å²) >= 11 is 0. The fourth-order valence-electron chi connectivity index (χ4n) is 3.91. The number of nitrogens with one attached hydrogen (secondary N) is 1. The lowest BCUT2D eigenvalue weighted by molar-refractivity contribution is -0.129. The van der Waals surface area contributed by atoms with Crippen LogP contribution in [0.15, 0.2) is 47.4 Å². The highest BCUT2D eigenvalue weighted by atomic mass is 32.2. The summed E-state index contributed by atoms with van der Waals surface area (Å²) in [6.07, 6.45) is 1.69. The first-order chi connectivity index (χ1) is 14.9. The number of para-hydroxylation sites is 1. The smallest absolute Gasteiger partial charge is 0.342 e. The van der Waals surface area contributed by atoms with Gasteiger partial charge in [0.15, 0.2) is 6.10 Å². The van der Waals surface area contributed by atoms with Crippen molar-refractivity contribution < 1.29 is 27.5 Å². The number of benzene rings is 2. The lowest BCUT2D eigenvalue weighted by Crippen LogP contribution is -2.36. The second-order valence-corrected chi connectivity index (χ2v) is 9.36. The molecular weight excluding hydrogens is 420 g/mol. The molecule has 31 heavy (non-hydrogen) atoms. The number of hydrogen-bond acceptors (Lipinski definition) is 6. The Morgan fingerprint density at radius 1 is 1.16 bits per heavy atom. The first kappa shape index (κ1) is 21.2. The van der Waals surface area contributed by atoms with Gasteiger partial charge in [0.25, 0.3) is 15.9 Å². The van der Waals surface area contributed by atoms with Crippen molar-refractivity contribution in [2.24, 2.45) is 0 Å². The van der Waals surface area contributed by atoms with Crippen LogP contribution in [0.4, 0.5) is 5.69 Å². The zero-order chi connectivity index (χ0) is 22.0. The second-order valence-electron chi connectivity index (χ2n) is 7.50. The Morgan fingerprint density at radius 3 is 2.77 bits per heavy atom. The van der Waals surface area contributed by atoms with Crippen molar-refractivity contribution in [1.82, 2.24) is 5.32 Å². The molecule has 4 rings (SSSR count). The number of hydrogen-bond donors (Lipinski definition) is 1. The number of anilines is 1. The molecule has 0 saturated carbocycles. The highest BCUT2D eigenvalue weighted by Gasteiger charge is 2.32. The van der Waals surface area contributed by atoms with Crippen molar-refractivity contribution in [3.05, 3.63) is 53.6 Å². The highest BCUT2D eigenvalue weighted by molar-refractivity contribution is 7.92. The summed E-state index contributed by atoms with van der Waals surface area (Å²) < 4.78 is 38.7. The van der Waals surface area contributed by atoms with E-state index in [1.54, 1.807) is 12.1 Å². The third kappa shape index (κ3) is 4.10. The van der Waals surface area contributed by atoms with Crippen LogP contribution in [0, 0.1) is 0 Å². The molecule has 0 bridgehead atoms. The monoisotopic (exact) mass is 444 g/mol. The molecule has 0 aliphatic carbocycles. The molecule has 0 spiro atoms. The van der Waals surface area contributed by atoms with Gasteiger partial charge in [-0.15, -0.1) is 0 Å². The quantitative estimate of drug-likeness (QED) is 0.710. The van der Waals surface area contributed by atoms with Gasteiger partial charge in [0.1, 0.15) is 11.3 Å². The van der Waals surface area contributed by atoms with Gasteiger partial charge >= 0.3 is 5.97 Å². The minimum absolute atomic E-state index is 0.0342. The van der Waals surface area contributed by atoms with Gasteiger partial charge in [-0.3, -0.25) is 9.10 Å². The summed E-state index contributed by atoms with van der Waals surface area (Å²) in [5.41, 5.74) is 1.56. The predicted octanol–water partition coefficient (Wildman–Crippen LogP) is 2.27. The molecule has 1 amide bonds. The van der Waals surface area contributed by atoms with Crippen molar-refractivity contribution in [3.63, 3.8) is 0 Å². The fourth-order valence-corrected chi connectivity index (χ4v) is 5.44. The van der Waals surface area contributed by atoms with E-state index in [0.29, 0.717) is 31.6 Å². The number of rotatable bonds is 5. The average molecular weight is 445 g/mol. The Kier molecular flexibility index (Phi) is 5.86. The first-order valence-electron chi connectivity index (χ1n) is 10.2. The van der Waals surface area contributed by atoms with E-state index in [1.165, 1.54) is 29.6 Å². The molecule has 2 heterocycles. The summed E-state index contributed by atoms with van der Waals surface area (Å²) in [5, 5.41) is 2.71. The molecule has 164 valence electrons. The zero-order valence-electron chi connectivity index (χ0n) is 17.2. The summed E-state index contributed by atoms with van der Waals surface area (Å²) in [6.45, 7) is 0.872. The predicted molar refractivity (Wildman–Crippen MR) is 114 cm³/mol. The maximum atomic E-state index is 13.3. The van der Waals surface area contributed by atoms with Crippen LogP contribution in [-0.2, 0) is 26.0 Å². The maximum absolute atomic E-state index is 13.3. The Labute approximate surface area is 181 Å². The van der Waals surface area contributed by atoms with E-state index >= 15 is 0 Å². The summed E-state index contributed by atoms with van der Waals surface area (Å²) in [6, 6.07) is 11.4. The van der Waals surface area contributed by atoms with Gasteiger partial charge in [0.05, 0.1) is 17.7 Å². The van der Waals surface area contributed by atoms with Crippen molar-refractivity contribution in [2.45, 2.75) is 36.7 Å². The third-order valence-electron chi connectivity index (χ3n) is 5.56. The molecule has 0 radical (unpaired) electrons. The Bertz CT molecular complexity index is 1110. The Hall–Kier alpha value is -3.07. The molecule has 2 aliphatic heterocycles. The minimum Gasteiger partial charge on any atom is -0.496 e. The van der Waals surface area contributed by atoms with Crippen LogP contribution in [0.25, 0.3) is 0 Å². The largest absolute Gasteiger partial charge is 0.496 e. The van der Waals surface area contributed by atoms with Gasteiger partial charge in [0.2, 0.25) is 0 Å². The Balaban J connectivity index is 1.64. The molecule has 9 heteroatoms. The molecule has 0 aromatic heterocycles. The van der Waals surface area contributed by atoms with Gasteiger partial charge < -0.3 is 14.8 Å². The van der Waals surface area contributed by atoms with Gasteiger partial charge in [-0.05, 0) is 55.5 Å². The summed E-state index contributed by atoms with van der Waals surface area (Å²) in [5.74, 6) is -0.958.